The molecule has 2 saturated heterocycles. The Hall–Kier alpha value is -0.750. The van der Waals surface area contributed by atoms with Gasteiger partial charge in [-0.15, -0.1) is 0 Å². The Labute approximate surface area is 112 Å². The van der Waals surface area contributed by atoms with E-state index in [-0.39, 0.29) is 0 Å². The van der Waals surface area contributed by atoms with Gasteiger partial charge in [-0.3, -0.25) is 4.90 Å². The second-order valence-corrected chi connectivity index (χ2v) is 5.43. The minimum atomic E-state index is -3.30. The van der Waals surface area contributed by atoms with Gasteiger partial charge in [0.15, 0.2) is 0 Å². The lowest BCUT2D eigenvalue weighted by Gasteiger charge is -2.30. The molecule has 2 aliphatic heterocycles. The van der Waals surface area contributed by atoms with Crippen molar-refractivity contribution in [1.29, 1.82) is 0 Å². The number of piperidine rings is 1. The maximum absolute atomic E-state index is 13.1. The molecule has 2 rings (SSSR count). The number of nitrogens with one attached hydrogen (secondary N) is 1. The molecule has 0 aromatic heterocycles. The molecule has 0 amide bonds. The summed E-state index contributed by atoms with van der Waals surface area (Å²) in [4.78, 5) is 13.0. The largest absolute Gasteiger partial charge is 0.456 e. The molecule has 19 heavy (non-hydrogen) atoms. The molecule has 2 atom stereocenters. The van der Waals surface area contributed by atoms with E-state index in [0.717, 1.165) is 26.1 Å². The fraction of sp³-hybridized carbons (Fsp3) is 0.923. The van der Waals surface area contributed by atoms with Crippen molar-refractivity contribution in [2.75, 3.05) is 26.2 Å². The van der Waals surface area contributed by atoms with Crippen LogP contribution in [0.2, 0.25) is 0 Å². The van der Waals surface area contributed by atoms with E-state index >= 15 is 0 Å². The Morgan fingerprint density at radius 1 is 1.42 bits per heavy atom. The predicted molar refractivity (Wildman–Crippen MR) is 67.2 cm³/mol. The Morgan fingerprint density at radius 2 is 2.21 bits per heavy atom. The smallest absolute Gasteiger partial charge is 0.377 e. The van der Waals surface area contributed by atoms with Crippen LogP contribution in [0, 0.1) is 0 Å². The average molecular weight is 276 g/mol. The van der Waals surface area contributed by atoms with E-state index in [0.29, 0.717) is 12.6 Å². The zero-order chi connectivity index (χ0) is 13.9. The van der Waals surface area contributed by atoms with Gasteiger partial charge in [0.1, 0.15) is 6.10 Å². The van der Waals surface area contributed by atoms with Gasteiger partial charge in [-0.2, -0.15) is 8.78 Å². The van der Waals surface area contributed by atoms with Crippen molar-refractivity contribution in [2.24, 2.45) is 0 Å². The van der Waals surface area contributed by atoms with Crippen LogP contribution in [-0.4, -0.2) is 55.1 Å². The highest BCUT2D eigenvalue weighted by Gasteiger charge is 2.50. The number of hydrogen-bond donors (Lipinski definition) is 1. The summed E-state index contributed by atoms with van der Waals surface area (Å²) < 4.78 is 30.9. The summed E-state index contributed by atoms with van der Waals surface area (Å²) in [6.07, 6.45) is 2.38. The molecular formula is C13H22F2N2O2. The van der Waals surface area contributed by atoms with Gasteiger partial charge in [-0.1, -0.05) is 13.3 Å². The highest BCUT2D eigenvalue weighted by Crippen LogP contribution is 2.31. The quantitative estimate of drug-likeness (QED) is 0.771. The van der Waals surface area contributed by atoms with E-state index in [1.807, 2.05) is 6.92 Å². The molecule has 2 fully saturated rings. The van der Waals surface area contributed by atoms with Crippen LogP contribution in [-0.2, 0) is 9.53 Å². The number of carbonyl (C=O) groups excluding carboxylic acids is 1. The number of ether oxygens (including phenoxy) is 1. The molecule has 0 aliphatic carbocycles. The molecule has 0 saturated carbocycles. The summed E-state index contributed by atoms with van der Waals surface area (Å²) in [5, 5.41) is 3.44. The summed E-state index contributed by atoms with van der Waals surface area (Å²) in [5.74, 6) is -4.67. The first-order valence-electron chi connectivity index (χ1n) is 7.06. The van der Waals surface area contributed by atoms with Gasteiger partial charge in [0.25, 0.3) is 0 Å². The Bertz CT molecular complexity index is 320. The molecule has 0 radical (unpaired) electrons. The van der Waals surface area contributed by atoms with Crippen LogP contribution in [0.1, 0.15) is 32.6 Å². The van der Waals surface area contributed by atoms with Crippen LogP contribution >= 0.6 is 0 Å². The van der Waals surface area contributed by atoms with Crippen molar-refractivity contribution in [3.8, 4) is 0 Å². The van der Waals surface area contributed by atoms with Crippen molar-refractivity contribution in [3.63, 3.8) is 0 Å². The maximum Gasteiger partial charge on any atom is 0.377 e. The number of carbonyl (C=O) groups is 1. The van der Waals surface area contributed by atoms with Crippen molar-refractivity contribution in [2.45, 2.75) is 50.7 Å². The van der Waals surface area contributed by atoms with Crippen LogP contribution in [0.5, 0.6) is 0 Å². The maximum atomic E-state index is 13.1. The number of esters is 1. The third-order valence-electron chi connectivity index (χ3n) is 3.86. The molecule has 2 unspecified atom stereocenters. The van der Waals surface area contributed by atoms with Gasteiger partial charge in [0, 0.05) is 19.1 Å². The predicted octanol–water partition coefficient (Wildman–Crippen LogP) is 1.40. The first kappa shape index (κ1) is 14.7. The van der Waals surface area contributed by atoms with Crippen molar-refractivity contribution < 1.29 is 18.3 Å². The molecule has 0 aromatic carbocycles. The highest BCUT2D eigenvalue weighted by atomic mass is 19.3. The summed E-state index contributed by atoms with van der Waals surface area (Å²) in [7, 11) is 0. The number of likely N-dealkylation sites (N-methyl/N-ethyl adjacent to an activating group) is 1. The van der Waals surface area contributed by atoms with Gasteiger partial charge in [-0.05, 0) is 25.9 Å². The van der Waals surface area contributed by atoms with Gasteiger partial charge in [-0.25, -0.2) is 4.79 Å². The fourth-order valence-electron chi connectivity index (χ4n) is 2.76. The second kappa shape index (κ2) is 6.13. The monoisotopic (exact) mass is 276 g/mol. The third kappa shape index (κ3) is 3.86. The Balaban J connectivity index is 1.80. The summed E-state index contributed by atoms with van der Waals surface area (Å²) in [6.45, 7) is 5.03. The number of cyclic esters (lactones) is 1. The van der Waals surface area contributed by atoms with Gasteiger partial charge in [0.05, 0.1) is 6.42 Å². The zero-order valence-corrected chi connectivity index (χ0v) is 11.3. The van der Waals surface area contributed by atoms with E-state index in [1.165, 1.54) is 12.8 Å². The summed E-state index contributed by atoms with van der Waals surface area (Å²) in [5.41, 5.74) is 0. The molecule has 0 bridgehead atoms. The van der Waals surface area contributed by atoms with Crippen LogP contribution < -0.4 is 5.32 Å². The lowest BCUT2D eigenvalue weighted by atomic mass is 10.0. The second-order valence-electron chi connectivity index (χ2n) is 5.43. The Morgan fingerprint density at radius 3 is 2.74 bits per heavy atom. The first-order chi connectivity index (χ1) is 9.01. The third-order valence-corrected chi connectivity index (χ3v) is 3.86. The lowest BCUT2D eigenvalue weighted by Crippen LogP contribution is -2.45. The molecule has 2 heterocycles. The van der Waals surface area contributed by atoms with Crippen LogP contribution in [0.3, 0.4) is 0 Å². The molecule has 4 nitrogen and oxygen atoms in total. The normalized spacial score (nSPS) is 30.6. The number of halogens is 2. The van der Waals surface area contributed by atoms with Crippen LogP contribution in [0.15, 0.2) is 0 Å². The van der Waals surface area contributed by atoms with Crippen LogP contribution in [0.25, 0.3) is 0 Å². The highest BCUT2D eigenvalue weighted by molar-refractivity contribution is 5.79. The molecule has 0 aromatic rings. The van der Waals surface area contributed by atoms with E-state index < -0.39 is 24.4 Å². The van der Waals surface area contributed by atoms with Gasteiger partial charge < -0.3 is 10.1 Å². The molecule has 1 N–H and O–H groups in total. The Kier molecular flexibility index (Phi) is 4.73. The van der Waals surface area contributed by atoms with E-state index in [2.05, 4.69) is 10.2 Å². The van der Waals surface area contributed by atoms with Crippen molar-refractivity contribution >= 4 is 5.97 Å². The summed E-state index contributed by atoms with van der Waals surface area (Å²) >= 11 is 0. The molecule has 0 spiro atoms. The first-order valence-corrected chi connectivity index (χ1v) is 7.06. The molecule has 6 heteroatoms. The minimum absolute atomic E-state index is 0.399. The van der Waals surface area contributed by atoms with Gasteiger partial charge in [0.2, 0.25) is 0 Å². The van der Waals surface area contributed by atoms with Crippen LogP contribution in [0.4, 0.5) is 8.78 Å². The molecular weight excluding hydrogens is 254 g/mol. The number of hydrogen-bond acceptors (Lipinski definition) is 4. The van der Waals surface area contributed by atoms with E-state index in [9.17, 15) is 13.6 Å². The van der Waals surface area contributed by atoms with Gasteiger partial charge >= 0.3 is 11.9 Å². The molecule has 110 valence electrons. The minimum Gasteiger partial charge on any atom is -0.456 e. The fourth-order valence-corrected chi connectivity index (χ4v) is 2.76. The number of alkyl halides is 2. The standard InChI is InChI=1S/C13H22F2N2O2/c1-2-17(8-10-5-3-4-6-16-10)9-11-7-13(14,15)12(18)19-11/h10-11,16H,2-9H2,1H3. The lowest BCUT2D eigenvalue weighted by molar-refractivity contribution is -0.159. The van der Waals surface area contributed by atoms with Crippen molar-refractivity contribution in [3.05, 3.63) is 0 Å². The average Bonchev–Trinajstić information content (AvgIpc) is 2.63. The number of nitrogens with zero attached hydrogens (tertiary/aromatic N) is 1. The zero-order valence-electron chi connectivity index (χ0n) is 11.3. The molecule has 2 aliphatic rings. The topological polar surface area (TPSA) is 41.6 Å². The SMILES string of the molecule is CCN(CC1CCCCN1)CC1CC(F)(F)C(=O)O1. The number of rotatable bonds is 5. The van der Waals surface area contributed by atoms with E-state index in [1.54, 1.807) is 0 Å². The van der Waals surface area contributed by atoms with E-state index in [4.69, 9.17) is 4.74 Å². The summed E-state index contributed by atoms with van der Waals surface area (Å²) in [6, 6.07) is 0.423. The van der Waals surface area contributed by atoms with Crippen molar-refractivity contribution in [1.82, 2.24) is 10.2 Å².